The number of carbonyl (C=O) groups excluding carboxylic acids is 4. The molecule has 0 heterocycles. The molecular weight excluding hydrogens is 623 g/mol. The van der Waals surface area contributed by atoms with Crippen LogP contribution in [0.25, 0.3) is 22.9 Å². The summed E-state index contributed by atoms with van der Waals surface area (Å²) in [5.74, 6) is 0. The molecule has 0 saturated heterocycles. The SMILES string of the molecule is N.N.N.N.O.O.O.O.O.O.[Ag+].[Ag+].[NH-]C(=O)NC([NH-])=O.[NH-]C(=O)NC([NH-])=O.[Ni+2]. The van der Waals surface area contributed by atoms with E-state index in [0.717, 1.165) is 0 Å². The van der Waals surface area contributed by atoms with Crippen molar-refractivity contribution in [3.05, 3.63) is 22.9 Å². The monoisotopic (exact) mass is 650 g/mol. The molecule has 0 aliphatic heterocycles. The molecule has 23 heteroatoms. The molecule has 30 N–H and O–H groups in total. The molecule has 0 spiro atoms. The molecule has 27 heavy (non-hydrogen) atoms. The van der Waals surface area contributed by atoms with Crippen LogP contribution in [0.1, 0.15) is 0 Å². The van der Waals surface area contributed by atoms with Crippen molar-refractivity contribution in [3.63, 3.8) is 0 Å². The van der Waals surface area contributed by atoms with Crippen LogP contribution in [-0.4, -0.2) is 57.0 Å². The van der Waals surface area contributed by atoms with Crippen LogP contribution in [0.3, 0.4) is 0 Å². The topological polar surface area (TPSA) is 517 Å². The number of nitrogens with one attached hydrogen (secondary N) is 6. The molecule has 0 fully saturated rings. The molecule has 0 radical (unpaired) electrons. The van der Waals surface area contributed by atoms with E-state index in [1.807, 2.05) is 0 Å². The van der Waals surface area contributed by atoms with E-state index in [4.69, 9.17) is 22.9 Å². The first kappa shape index (κ1) is 134. The predicted octanol–water partition coefficient (Wildman–Crippen LogP) is -2.47. The summed E-state index contributed by atoms with van der Waals surface area (Å²) in [6, 6.07) is -5.00. The fourth-order valence-corrected chi connectivity index (χ4v) is 0.206. The zero-order chi connectivity index (χ0) is 11.7. The summed E-state index contributed by atoms with van der Waals surface area (Å²) >= 11 is 0. The van der Waals surface area contributed by atoms with E-state index in [1.54, 1.807) is 0 Å². The number of hydrogen-bond acceptors (Lipinski definition) is 8. The average molecular weight is 653 g/mol. The summed E-state index contributed by atoms with van der Waals surface area (Å²) in [6.07, 6.45) is 0. The minimum absolute atomic E-state index is 0. The van der Waals surface area contributed by atoms with Crippen molar-refractivity contribution in [2.45, 2.75) is 0 Å². The molecule has 0 aliphatic carbocycles. The number of rotatable bonds is 0. The Morgan fingerprint density at radius 3 is 0.519 bits per heavy atom. The summed E-state index contributed by atoms with van der Waals surface area (Å²) in [5, 5.41) is 2.72. The van der Waals surface area contributed by atoms with Crippen LogP contribution in [0.15, 0.2) is 0 Å². The zero-order valence-electron chi connectivity index (χ0n) is 13.4. The van der Waals surface area contributed by atoms with Gasteiger partial charge in [0, 0.05) is 0 Å². The van der Waals surface area contributed by atoms with Crippen LogP contribution in [0.2, 0.25) is 0 Å². The van der Waals surface area contributed by atoms with E-state index >= 15 is 0 Å². The van der Waals surface area contributed by atoms with Gasteiger partial charge in [-0.3, -0.25) is 19.2 Å². The van der Waals surface area contributed by atoms with Crippen LogP contribution in [0.4, 0.5) is 19.2 Å². The second kappa shape index (κ2) is 85.1. The van der Waals surface area contributed by atoms with Crippen molar-refractivity contribution in [3.8, 4) is 0 Å². The van der Waals surface area contributed by atoms with Crippen LogP contribution < -0.4 is 35.2 Å². The van der Waals surface area contributed by atoms with Gasteiger partial charge in [-0.15, -0.1) is 0 Å². The smallest absolute Gasteiger partial charge is 0.447 e. The van der Waals surface area contributed by atoms with Crippen molar-refractivity contribution >= 4 is 24.1 Å². The fraction of sp³-hybridized carbons (Fsp3) is 0. The van der Waals surface area contributed by atoms with Crippen LogP contribution in [0.5, 0.6) is 0 Å². The Hall–Kier alpha value is -0.946. The molecule has 20 nitrogen and oxygen atoms in total. The molecule has 0 aromatic rings. The Bertz CT molecular complexity index is 230. The molecule has 0 bridgehead atoms. The van der Waals surface area contributed by atoms with Crippen molar-refractivity contribution in [2.75, 3.05) is 0 Å². The van der Waals surface area contributed by atoms with Crippen molar-refractivity contribution in [1.82, 2.24) is 35.2 Å². The number of carbonyl (C=O) groups is 4. The Morgan fingerprint density at radius 1 is 0.444 bits per heavy atom. The van der Waals surface area contributed by atoms with E-state index in [0.29, 0.717) is 0 Å². The average Bonchev–Trinajstić information content (AvgIpc) is 1.79. The Balaban J connectivity index is -0.00000000554. The molecule has 188 valence electrons. The van der Waals surface area contributed by atoms with Gasteiger partial charge in [-0.25, -0.2) is 0 Å². The maximum Gasteiger partial charge on any atom is 2.00 e. The van der Waals surface area contributed by atoms with E-state index in [2.05, 4.69) is 0 Å². The van der Waals surface area contributed by atoms with Gasteiger partial charge in [-0.1, -0.05) is 0 Å². The number of hydrogen-bond donors (Lipinski definition) is 6. The van der Waals surface area contributed by atoms with Gasteiger partial charge < -0.3 is 91.0 Å². The van der Waals surface area contributed by atoms with Gasteiger partial charge in [-0.2, -0.15) is 0 Å². The van der Waals surface area contributed by atoms with E-state index in [1.165, 1.54) is 10.6 Å². The summed E-state index contributed by atoms with van der Waals surface area (Å²) in [4.78, 5) is 37.9. The summed E-state index contributed by atoms with van der Waals surface area (Å²) in [5.41, 5.74) is 24.1. The minimum Gasteiger partial charge on any atom is -0.447 e. The molecule has 0 atom stereocenters. The fourth-order valence-electron chi connectivity index (χ4n) is 0.206. The van der Waals surface area contributed by atoms with Gasteiger partial charge in [0.15, 0.2) is 24.1 Å². The summed E-state index contributed by atoms with van der Waals surface area (Å²) in [7, 11) is 0. The molecule has 0 saturated carbocycles. The first-order chi connectivity index (χ1) is 6.25. The molecule has 0 rings (SSSR count). The largest absolute Gasteiger partial charge is 2.00 e. The van der Waals surface area contributed by atoms with Crippen LogP contribution in [-0.2, 0) is 61.3 Å². The predicted molar refractivity (Wildman–Crippen MR) is 86.9 cm³/mol. The number of imide groups is 2. The van der Waals surface area contributed by atoms with Gasteiger partial charge in [0.2, 0.25) is 0 Å². The van der Waals surface area contributed by atoms with Gasteiger partial charge in [0.1, 0.15) is 0 Å². The van der Waals surface area contributed by atoms with Crippen molar-refractivity contribution in [2.24, 2.45) is 0 Å². The molecule has 0 aromatic carbocycles. The van der Waals surface area contributed by atoms with Gasteiger partial charge >= 0.3 is 61.3 Å². The maximum atomic E-state index is 9.47. The maximum absolute atomic E-state index is 9.47. The third-order valence-electron chi connectivity index (χ3n) is 0.454. The quantitative estimate of drug-likeness (QED) is 0.152. The normalized spacial score (nSPS) is 3.85. The molecule has 0 unspecified atom stereocenters. The number of amides is 8. The Labute approximate surface area is 195 Å². The Kier molecular flexibility index (Phi) is 422. The van der Waals surface area contributed by atoms with Crippen molar-refractivity contribution in [1.29, 1.82) is 0 Å². The van der Waals surface area contributed by atoms with E-state index in [9.17, 15) is 19.2 Å². The summed E-state index contributed by atoms with van der Waals surface area (Å²) in [6.45, 7) is 0. The van der Waals surface area contributed by atoms with Gasteiger partial charge in [-0.05, 0) is 0 Å². The third-order valence-corrected chi connectivity index (χ3v) is 0.454. The van der Waals surface area contributed by atoms with E-state index in [-0.39, 0.29) is 119 Å². The summed E-state index contributed by atoms with van der Waals surface area (Å²) < 4.78 is 0. The second-order valence-electron chi connectivity index (χ2n) is 1.57. The molecular formula is C4H30Ag2N10NiO10. The van der Waals surface area contributed by atoms with Gasteiger partial charge in [0.05, 0.1) is 0 Å². The van der Waals surface area contributed by atoms with E-state index < -0.39 is 24.1 Å². The first-order valence-corrected chi connectivity index (χ1v) is 2.82. The number of urea groups is 4. The zero-order valence-corrected chi connectivity index (χ0v) is 17.3. The first-order valence-electron chi connectivity index (χ1n) is 2.82. The Morgan fingerprint density at radius 2 is 0.519 bits per heavy atom. The minimum atomic E-state index is -1.25. The molecule has 0 aliphatic rings. The van der Waals surface area contributed by atoms with Gasteiger partial charge in [0.25, 0.3) is 0 Å². The van der Waals surface area contributed by atoms with Crippen LogP contribution >= 0.6 is 0 Å². The molecule has 0 aromatic heterocycles. The standard InChI is InChI=1S/2C2H5N3O2.2Ag.4H3N.Ni.6H2O/c2*3-1(6)5-2(4)7;;;;;;;;;;;;;/h2*(H5,3,4,5,6,7);;;4*1H3;;6*1H2/q;;2*+1;;;;;+2;;;;;;/p-4. The second-order valence-corrected chi connectivity index (χ2v) is 1.57. The molecule has 8 amide bonds. The third kappa shape index (κ3) is 268. The van der Waals surface area contributed by atoms with Crippen LogP contribution in [0, 0.1) is 0 Å². The van der Waals surface area contributed by atoms with Crippen molar-refractivity contribution < 1.29 is 113 Å².